The van der Waals surface area contributed by atoms with Crippen LogP contribution < -0.4 is 5.32 Å². The van der Waals surface area contributed by atoms with Crippen LogP contribution in [-0.4, -0.2) is 30.5 Å². The fourth-order valence-corrected chi connectivity index (χ4v) is 3.57. The van der Waals surface area contributed by atoms with Crippen molar-refractivity contribution in [1.82, 2.24) is 29.9 Å². The van der Waals surface area contributed by atoms with Gasteiger partial charge < -0.3 is 9.88 Å². The van der Waals surface area contributed by atoms with Gasteiger partial charge >= 0.3 is 0 Å². The van der Waals surface area contributed by atoms with E-state index < -0.39 is 0 Å². The highest BCUT2D eigenvalue weighted by atomic mass is 16.2. The number of benzene rings is 2. The van der Waals surface area contributed by atoms with Crippen molar-refractivity contribution in [2.45, 2.75) is 39.8 Å². The molecule has 0 unspecified atom stereocenters. The lowest BCUT2D eigenvalue weighted by Crippen LogP contribution is -2.25. The maximum absolute atomic E-state index is 13.0. The Morgan fingerprint density at radius 3 is 2.48 bits per heavy atom. The van der Waals surface area contributed by atoms with Crippen LogP contribution in [0.3, 0.4) is 0 Å². The van der Waals surface area contributed by atoms with Crippen molar-refractivity contribution in [2.24, 2.45) is 0 Å². The summed E-state index contributed by atoms with van der Waals surface area (Å²) in [6.45, 7) is 7.24. The number of hydrogen-bond donors (Lipinski definition) is 1. The molecule has 0 saturated heterocycles. The summed E-state index contributed by atoms with van der Waals surface area (Å²) in [5.41, 5.74) is 5.42. The van der Waals surface area contributed by atoms with Crippen LogP contribution >= 0.6 is 0 Å². The molecule has 2 aromatic carbocycles. The first kappa shape index (κ1) is 20.5. The van der Waals surface area contributed by atoms with Crippen LogP contribution in [0.1, 0.15) is 52.6 Å². The van der Waals surface area contributed by atoms with E-state index in [0.717, 1.165) is 22.5 Å². The average molecular weight is 415 g/mol. The highest BCUT2D eigenvalue weighted by Crippen LogP contribution is 2.22. The van der Waals surface area contributed by atoms with Crippen LogP contribution in [0, 0.1) is 6.92 Å². The summed E-state index contributed by atoms with van der Waals surface area (Å²) in [4.78, 5) is 17.1. The van der Waals surface area contributed by atoms with E-state index in [0.29, 0.717) is 18.8 Å². The molecule has 0 aliphatic rings. The van der Waals surface area contributed by atoms with Crippen molar-refractivity contribution >= 4 is 5.91 Å². The van der Waals surface area contributed by atoms with Crippen molar-refractivity contribution in [3.63, 3.8) is 0 Å². The van der Waals surface area contributed by atoms with E-state index in [1.54, 1.807) is 17.2 Å². The molecule has 0 spiro atoms. The highest BCUT2D eigenvalue weighted by molar-refractivity contribution is 5.93. The summed E-state index contributed by atoms with van der Waals surface area (Å²) < 4.78 is 3.76. The number of hydrogen-bond acceptors (Lipinski definition) is 4. The molecule has 7 heteroatoms. The molecule has 0 saturated carbocycles. The molecule has 31 heavy (non-hydrogen) atoms. The van der Waals surface area contributed by atoms with E-state index in [2.05, 4.69) is 26.7 Å². The number of aryl methyl sites for hydroxylation is 1. The third kappa shape index (κ3) is 4.55. The van der Waals surface area contributed by atoms with Gasteiger partial charge in [0, 0.05) is 25.5 Å². The molecule has 0 aliphatic heterocycles. The van der Waals surface area contributed by atoms with Gasteiger partial charge in [-0.25, -0.2) is 9.67 Å². The van der Waals surface area contributed by atoms with Gasteiger partial charge in [-0.15, -0.1) is 5.10 Å². The van der Waals surface area contributed by atoms with Gasteiger partial charge in [0.15, 0.2) is 5.69 Å². The molecule has 0 bridgehead atoms. The number of amides is 1. The number of nitrogens with zero attached hydrogens (tertiary/aromatic N) is 5. The van der Waals surface area contributed by atoms with Gasteiger partial charge in [-0.05, 0) is 36.1 Å². The summed E-state index contributed by atoms with van der Waals surface area (Å²) in [5, 5.41) is 11.5. The zero-order chi connectivity index (χ0) is 21.8. The Kier molecular flexibility index (Phi) is 5.93. The van der Waals surface area contributed by atoms with E-state index in [1.165, 1.54) is 5.56 Å². The van der Waals surface area contributed by atoms with Crippen LogP contribution in [0.25, 0.3) is 5.69 Å². The summed E-state index contributed by atoms with van der Waals surface area (Å²) in [7, 11) is 0. The van der Waals surface area contributed by atoms with E-state index in [1.807, 2.05) is 74.0 Å². The number of aromatic nitrogens is 5. The fourth-order valence-electron chi connectivity index (χ4n) is 3.57. The monoisotopic (exact) mass is 414 g/mol. The van der Waals surface area contributed by atoms with Gasteiger partial charge in [0.1, 0.15) is 0 Å². The van der Waals surface area contributed by atoms with Gasteiger partial charge in [-0.1, -0.05) is 61.0 Å². The van der Waals surface area contributed by atoms with Crippen molar-refractivity contribution in [3.8, 4) is 5.69 Å². The standard InChI is InChI=1S/C24H26N6O/c1-17(2)23-22(27-28-30(23)21-10-8-18(3)9-11-21)24(31)26-14-19-6-4-5-7-20(19)15-29-13-12-25-16-29/h4-13,16-17H,14-15H2,1-3H3,(H,26,31). The molecule has 2 heterocycles. The molecule has 7 nitrogen and oxygen atoms in total. The molecular weight excluding hydrogens is 388 g/mol. The lowest BCUT2D eigenvalue weighted by atomic mass is 10.1. The first-order valence-electron chi connectivity index (χ1n) is 10.4. The van der Waals surface area contributed by atoms with Crippen LogP contribution in [0.2, 0.25) is 0 Å². The third-order valence-electron chi connectivity index (χ3n) is 5.22. The van der Waals surface area contributed by atoms with Crippen LogP contribution in [0.5, 0.6) is 0 Å². The molecule has 0 radical (unpaired) electrons. The number of imidazole rings is 1. The minimum atomic E-state index is -0.223. The van der Waals surface area contributed by atoms with E-state index in [9.17, 15) is 4.79 Å². The number of carbonyl (C=O) groups excluding carboxylic acids is 1. The van der Waals surface area contributed by atoms with E-state index >= 15 is 0 Å². The lowest BCUT2D eigenvalue weighted by molar-refractivity contribution is 0.0944. The quantitative estimate of drug-likeness (QED) is 0.498. The average Bonchev–Trinajstić information content (AvgIpc) is 3.43. The maximum Gasteiger partial charge on any atom is 0.274 e. The first-order valence-corrected chi connectivity index (χ1v) is 10.4. The first-order chi connectivity index (χ1) is 15.0. The van der Waals surface area contributed by atoms with E-state index in [-0.39, 0.29) is 11.8 Å². The normalized spacial score (nSPS) is 11.1. The van der Waals surface area contributed by atoms with Crippen molar-refractivity contribution in [2.75, 3.05) is 0 Å². The number of rotatable bonds is 7. The Morgan fingerprint density at radius 1 is 1.06 bits per heavy atom. The van der Waals surface area contributed by atoms with Crippen molar-refractivity contribution in [3.05, 3.63) is 95.3 Å². The zero-order valence-electron chi connectivity index (χ0n) is 18.0. The van der Waals surface area contributed by atoms with Gasteiger partial charge in [0.2, 0.25) is 0 Å². The summed E-state index contributed by atoms with van der Waals surface area (Å²) in [6, 6.07) is 16.1. The minimum absolute atomic E-state index is 0.0885. The summed E-state index contributed by atoms with van der Waals surface area (Å²) >= 11 is 0. The largest absolute Gasteiger partial charge is 0.346 e. The predicted octanol–water partition coefficient (Wildman–Crippen LogP) is 3.87. The number of nitrogens with one attached hydrogen (secondary N) is 1. The maximum atomic E-state index is 13.0. The highest BCUT2D eigenvalue weighted by Gasteiger charge is 2.23. The predicted molar refractivity (Wildman–Crippen MR) is 119 cm³/mol. The fraction of sp³-hybridized carbons (Fsp3) is 0.250. The van der Waals surface area contributed by atoms with Crippen LogP contribution in [0.15, 0.2) is 67.3 Å². The second kappa shape index (κ2) is 8.95. The molecule has 1 N–H and O–H groups in total. The Morgan fingerprint density at radius 2 is 1.81 bits per heavy atom. The lowest BCUT2D eigenvalue weighted by Gasteiger charge is -2.13. The molecular formula is C24H26N6O. The summed E-state index contributed by atoms with van der Waals surface area (Å²) in [5.74, 6) is -0.134. The molecule has 2 aromatic heterocycles. The smallest absolute Gasteiger partial charge is 0.274 e. The Labute approximate surface area is 181 Å². The zero-order valence-corrected chi connectivity index (χ0v) is 18.0. The van der Waals surface area contributed by atoms with E-state index in [4.69, 9.17) is 0 Å². The number of carbonyl (C=O) groups is 1. The molecule has 4 aromatic rings. The molecule has 0 atom stereocenters. The summed E-state index contributed by atoms with van der Waals surface area (Å²) in [6.07, 6.45) is 5.47. The van der Waals surface area contributed by atoms with Gasteiger partial charge in [0.05, 0.1) is 17.7 Å². The second-order valence-corrected chi connectivity index (χ2v) is 7.91. The van der Waals surface area contributed by atoms with Crippen molar-refractivity contribution < 1.29 is 4.79 Å². The third-order valence-corrected chi connectivity index (χ3v) is 5.22. The van der Waals surface area contributed by atoms with Crippen LogP contribution in [0.4, 0.5) is 0 Å². The van der Waals surface area contributed by atoms with Gasteiger partial charge in [-0.2, -0.15) is 0 Å². The van der Waals surface area contributed by atoms with Gasteiger partial charge in [0.25, 0.3) is 5.91 Å². The molecule has 0 fully saturated rings. The SMILES string of the molecule is Cc1ccc(-n2nnc(C(=O)NCc3ccccc3Cn3ccnc3)c2C(C)C)cc1. The van der Waals surface area contributed by atoms with Gasteiger partial charge in [-0.3, -0.25) is 4.79 Å². The molecule has 4 rings (SSSR count). The molecule has 0 aliphatic carbocycles. The Balaban J connectivity index is 1.54. The van der Waals surface area contributed by atoms with Crippen LogP contribution in [-0.2, 0) is 13.1 Å². The Hall–Kier alpha value is -3.74. The second-order valence-electron chi connectivity index (χ2n) is 7.91. The topological polar surface area (TPSA) is 77.6 Å². The Bertz CT molecular complexity index is 1160. The minimum Gasteiger partial charge on any atom is -0.346 e. The molecule has 158 valence electrons. The molecule has 1 amide bonds. The van der Waals surface area contributed by atoms with Crippen molar-refractivity contribution in [1.29, 1.82) is 0 Å².